The summed E-state index contributed by atoms with van der Waals surface area (Å²) in [7, 11) is 0. The average Bonchev–Trinajstić information content (AvgIpc) is 3.07. The molecule has 0 radical (unpaired) electrons. The van der Waals surface area contributed by atoms with Gasteiger partial charge in [0.1, 0.15) is 0 Å². The smallest absolute Gasteiger partial charge is 0.0471 e. The maximum Gasteiger partial charge on any atom is 0.0471 e. The zero-order valence-corrected chi connectivity index (χ0v) is 15.1. The number of allylic oxidation sites excluding steroid dienone is 4. The van der Waals surface area contributed by atoms with E-state index in [0.717, 1.165) is 28.9 Å². The summed E-state index contributed by atoms with van der Waals surface area (Å²) in [6.45, 7) is 0. The van der Waals surface area contributed by atoms with Crippen molar-refractivity contribution in [2.45, 2.75) is 12.8 Å². The van der Waals surface area contributed by atoms with Crippen molar-refractivity contribution >= 4 is 39.0 Å². The Hall–Kier alpha value is -2.77. The highest BCUT2D eigenvalue weighted by Gasteiger charge is 2.11. The van der Waals surface area contributed by atoms with Gasteiger partial charge in [0, 0.05) is 26.8 Å². The van der Waals surface area contributed by atoms with Gasteiger partial charge in [-0.05, 0) is 59.4 Å². The van der Waals surface area contributed by atoms with E-state index in [1.807, 2.05) is 18.2 Å². The highest BCUT2D eigenvalue weighted by atomic mass is 35.5. The summed E-state index contributed by atoms with van der Waals surface area (Å²) in [6, 6.07) is 21.4. The molecule has 5 rings (SSSR count). The first kappa shape index (κ1) is 15.5. The largest absolute Gasteiger partial charge is 0.354 e. The molecule has 26 heavy (non-hydrogen) atoms. The first-order valence-corrected chi connectivity index (χ1v) is 9.34. The molecule has 0 unspecified atom stereocenters. The third-order valence-electron chi connectivity index (χ3n) is 5.17. The molecule has 1 nitrogen and oxygen atoms in total. The van der Waals surface area contributed by atoms with E-state index in [4.69, 9.17) is 11.6 Å². The Morgan fingerprint density at radius 1 is 0.846 bits per heavy atom. The molecule has 0 saturated carbocycles. The minimum Gasteiger partial charge on any atom is -0.354 e. The molecule has 1 aromatic heterocycles. The van der Waals surface area contributed by atoms with Crippen LogP contribution in [-0.2, 0) is 0 Å². The number of fused-ring (bicyclic) bond motifs is 3. The molecule has 0 spiro atoms. The van der Waals surface area contributed by atoms with Crippen LogP contribution >= 0.6 is 11.6 Å². The molecular formula is C24H18ClN. The fourth-order valence-corrected chi connectivity index (χ4v) is 4.04. The number of aromatic nitrogens is 1. The molecule has 0 atom stereocenters. The van der Waals surface area contributed by atoms with Crippen molar-refractivity contribution in [1.82, 2.24) is 4.98 Å². The lowest BCUT2D eigenvalue weighted by Gasteiger charge is -2.11. The van der Waals surface area contributed by atoms with Crippen molar-refractivity contribution in [3.8, 4) is 11.1 Å². The van der Waals surface area contributed by atoms with Crippen molar-refractivity contribution in [2.75, 3.05) is 0 Å². The maximum absolute atomic E-state index is 6.26. The summed E-state index contributed by atoms with van der Waals surface area (Å²) in [5, 5.41) is 3.17. The number of halogens is 1. The van der Waals surface area contributed by atoms with Crippen LogP contribution in [0.25, 0.3) is 38.5 Å². The second kappa shape index (κ2) is 6.19. The zero-order chi connectivity index (χ0) is 17.5. The monoisotopic (exact) mass is 355 g/mol. The Kier molecular flexibility index (Phi) is 3.69. The fourth-order valence-electron chi connectivity index (χ4n) is 3.87. The molecule has 0 aliphatic heterocycles. The van der Waals surface area contributed by atoms with Gasteiger partial charge in [0.15, 0.2) is 0 Å². The van der Waals surface area contributed by atoms with E-state index in [0.29, 0.717) is 0 Å². The summed E-state index contributed by atoms with van der Waals surface area (Å²) in [4.78, 5) is 3.50. The van der Waals surface area contributed by atoms with Crippen molar-refractivity contribution < 1.29 is 0 Å². The lowest BCUT2D eigenvalue weighted by Crippen LogP contribution is -1.88. The van der Waals surface area contributed by atoms with Gasteiger partial charge in [-0.3, -0.25) is 0 Å². The number of hydrogen-bond donors (Lipinski definition) is 1. The molecule has 0 saturated heterocycles. The van der Waals surface area contributed by atoms with Gasteiger partial charge in [0.2, 0.25) is 0 Å². The Balaban J connectivity index is 1.67. The molecule has 0 fully saturated rings. The van der Waals surface area contributed by atoms with Crippen molar-refractivity contribution in [2.24, 2.45) is 0 Å². The number of hydrogen-bond acceptors (Lipinski definition) is 0. The number of nitrogens with one attached hydrogen (secondary N) is 1. The molecule has 1 heterocycles. The van der Waals surface area contributed by atoms with E-state index in [1.165, 1.54) is 33.0 Å². The lowest BCUT2D eigenvalue weighted by molar-refractivity contribution is 1.05. The summed E-state index contributed by atoms with van der Waals surface area (Å²) < 4.78 is 0. The molecule has 1 aliphatic carbocycles. The molecule has 3 aromatic carbocycles. The standard InChI is InChI=1S/C24H18ClN/c25-19-13-14-22-21(15-19)24-20(7-4-8-23(24)26-22)18-11-9-17(10-12-18)16-5-2-1-3-6-16/h1-2,4-5,7-15,26H,3,6H2. The van der Waals surface area contributed by atoms with Crippen molar-refractivity contribution in [3.63, 3.8) is 0 Å². The summed E-state index contributed by atoms with van der Waals surface area (Å²) in [5.74, 6) is 0. The zero-order valence-electron chi connectivity index (χ0n) is 14.3. The second-order valence-electron chi connectivity index (χ2n) is 6.78. The Morgan fingerprint density at radius 2 is 1.69 bits per heavy atom. The molecule has 4 aromatic rings. The van der Waals surface area contributed by atoms with Crippen molar-refractivity contribution in [1.29, 1.82) is 0 Å². The molecule has 1 aliphatic rings. The van der Waals surface area contributed by atoms with Crippen LogP contribution in [0.3, 0.4) is 0 Å². The van der Waals surface area contributed by atoms with Gasteiger partial charge in [-0.15, -0.1) is 0 Å². The number of rotatable bonds is 2. The van der Waals surface area contributed by atoms with Crippen molar-refractivity contribution in [3.05, 3.63) is 89.5 Å². The molecule has 0 bridgehead atoms. The molecule has 2 heteroatoms. The Labute approximate surface area is 157 Å². The number of aromatic amines is 1. The van der Waals surface area contributed by atoms with E-state index in [-0.39, 0.29) is 0 Å². The first-order chi connectivity index (χ1) is 12.8. The van der Waals surface area contributed by atoms with Gasteiger partial charge in [0.05, 0.1) is 0 Å². The van der Waals surface area contributed by atoms with Crippen LogP contribution in [0.5, 0.6) is 0 Å². The average molecular weight is 356 g/mol. The summed E-state index contributed by atoms with van der Waals surface area (Å²) >= 11 is 6.26. The van der Waals surface area contributed by atoms with E-state index < -0.39 is 0 Å². The van der Waals surface area contributed by atoms with E-state index in [2.05, 4.69) is 65.7 Å². The highest BCUT2D eigenvalue weighted by molar-refractivity contribution is 6.32. The van der Waals surface area contributed by atoms with E-state index >= 15 is 0 Å². The van der Waals surface area contributed by atoms with Crippen LogP contribution < -0.4 is 0 Å². The van der Waals surface area contributed by atoms with E-state index in [1.54, 1.807) is 0 Å². The van der Waals surface area contributed by atoms with Crippen LogP contribution in [0.15, 0.2) is 78.9 Å². The molecule has 0 amide bonds. The first-order valence-electron chi connectivity index (χ1n) is 8.96. The molecular weight excluding hydrogens is 338 g/mol. The summed E-state index contributed by atoms with van der Waals surface area (Å²) in [5.41, 5.74) is 7.45. The van der Waals surface area contributed by atoms with E-state index in [9.17, 15) is 0 Å². The normalized spacial score (nSPS) is 14.1. The highest BCUT2D eigenvalue weighted by Crippen LogP contribution is 2.36. The van der Waals surface area contributed by atoms with Gasteiger partial charge < -0.3 is 4.98 Å². The minimum absolute atomic E-state index is 0.765. The third-order valence-corrected chi connectivity index (χ3v) is 5.40. The molecule has 126 valence electrons. The fraction of sp³-hybridized carbons (Fsp3) is 0.0833. The number of benzene rings is 3. The third kappa shape index (κ3) is 2.56. The van der Waals surface area contributed by atoms with Gasteiger partial charge in [-0.1, -0.05) is 66.2 Å². The summed E-state index contributed by atoms with van der Waals surface area (Å²) in [6.07, 6.45) is 8.85. The van der Waals surface area contributed by atoms with Gasteiger partial charge in [-0.2, -0.15) is 0 Å². The van der Waals surface area contributed by atoms with Gasteiger partial charge in [0.25, 0.3) is 0 Å². The Bertz CT molecular complexity index is 1180. The predicted octanol–water partition coefficient (Wildman–Crippen LogP) is 7.37. The SMILES string of the molecule is Clc1ccc2[nH]c3cccc(-c4ccc(C5=CC=CCC5)cc4)c3c2c1. The van der Waals surface area contributed by atoms with Gasteiger partial charge in [-0.25, -0.2) is 0 Å². The van der Waals surface area contributed by atoms with Crippen LogP contribution in [-0.4, -0.2) is 4.98 Å². The second-order valence-corrected chi connectivity index (χ2v) is 7.22. The van der Waals surface area contributed by atoms with Crippen LogP contribution in [0.1, 0.15) is 18.4 Å². The number of H-pyrrole nitrogens is 1. The molecule has 1 N–H and O–H groups in total. The lowest BCUT2D eigenvalue weighted by atomic mass is 9.94. The topological polar surface area (TPSA) is 15.8 Å². The van der Waals surface area contributed by atoms with Crippen LogP contribution in [0.4, 0.5) is 0 Å². The van der Waals surface area contributed by atoms with Gasteiger partial charge >= 0.3 is 0 Å². The Morgan fingerprint density at radius 3 is 2.50 bits per heavy atom. The maximum atomic E-state index is 6.26. The quantitative estimate of drug-likeness (QED) is 0.386. The minimum atomic E-state index is 0.765. The predicted molar refractivity (Wildman–Crippen MR) is 113 cm³/mol. The van der Waals surface area contributed by atoms with Crippen LogP contribution in [0.2, 0.25) is 5.02 Å². The van der Waals surface area contributed by atoms with Crippen LogP contribution in [0, 0.1) is 0 Å².